The van der Waals surface area contributed by atoms with Gasteiger partial charge >= 0.3 is 0 Å². The lowest BCUT2D eigenvalue weighted by Crippen LogP contribution is -2.18. The van der Waals surface area contributed by atoms with Crippen LogP contribution in [0.4, 0.5) is 0 Å². The molecule has 0 aliphatic carbocycles. The molecule has 106 valence electrons. The number of benzene rings is 1. The van der Waals surface area contributed by atoms with Crippen molar-refractivity contribution in [2.24, 2.45) is 0 Å². The van der Waals surface area contributed by atoms with Crippen molar-refractivity contribution in [1.29, 1.82) is 0 Å². The molecule has 0 amide bonds. The summed E-state index contributed by atoms with van der Waals surface area (Å²) in [5.74, 6) is 1.73. The number of unbranched alkanes of at least 4 members (excludes halogenated alkanes) is 1. The minimum Gasteiger partial charge on any atom is -0.497 e. The molecule has 0 aliphatic rings. The molecule has 0 aromatic heterocycles. The van der Waals surface area contributed by atoms with Crippen molar-refractivity contribution in [2.45, 2.75) is 32.7 Å². The van der Waals surface area contributed by atoms with E-state index in [1.165, 1.54) is 5.56 Å². The number of rotatable bonds is 9. The van der Waals surface area contributed by atoms with Gasteiger partial charge in [0.25, 0.3) is 0 Å². The molecule has 0 radical (unpaired) electrons. The van der Waals surface area contributed by atoms with E-state index in [9.17, 15) is 0 Å². The third-order valence-electron chi connectivity index (χ3n) is 3.01. The summed E-state index contributed by atoms with van der Waals surface area (Å²) in [6.45, 7) is 9.59. The average Bonchev–Trinajstić information content (AvgIpc) is 2.43. The number of hydrogen-bond donors (Lipinski definition) is 1. The second-order valence-electron chi connectivity index (χ2n) is 4.46. The van der Waals surface area contributed by atoms with Crippen LogP contribution in [0.1, 0.15) is 38.3 Å². The van der Waals surface area contributed by atoms with Crippen molar-refractivity contribution in [3.63, 3.8) is 0 Å². The Labute approximate surface area is 116 Å². The molecule has 0 saturated heterocycles. The van der Waals surface area contributed by atoms with E-state index in [1.807, 2.05) is 18.2 Å². The fraction of sp³-hybridized carbons (Fsp3) is 0.500. The summed E-state index contributed by atoms with van der Waals surface area (Å²) >= 11 is 0. The van der Waals surface area contributed by atoms with Crippen LogP contribution in [-0.2, 0) is 0 Å². The first-order valence-corrected chi connectivity index (χ1v) is 6.88. The predicted octanol–water partition coefficient (Wildman–Crippen LogP) is 3.71. The van der Waals surface area contributed by atoms with Crippen LogP contribution in [-0.4, -0.2) is 20.3 Å². The molecule has 1 N–H and O–H groups in total. The zero-order valence-electron chi connectivity index (χ0n) is 12.2. The molecule has 0 fully saturated rings. The summed E-state index contributed by atoms with van der Waals surface area (Å²) in [6, 6.07) is 6.26. The summed E-state index contributed by atoms with van der Waals surface area (Å²) in [5.41, 5.74) is 1.17. The van der Waals surface area contributed by atoms with Crippen molar-refractivity contribution < 1.29 is 9.47 Å². The van der Waals surface area contributed by atoms with Gasteiger partial charge in [0.05, 0.1) is 13.7 Å². The SMILES string of the molecule is C=CCCCOc1cc(OC)ccc1C(C)NCC. The molecule has 1 aromatic rings. The van der Waals surface area contributed by atoms with Crippen LogP contribution in [0.15, 0.2) is 30.9 Å². The van der Waals surface area contributed by atoms with Gasteiger partial charge in [-0.1, -0.05) is 19.1 Å². The average molecular weight is 263 g/mol. The topological polar surface area (TPSA) is 30.5 Å². The first kappa shape index (κ1) is 15.6. The number of methoxy groups -OCH3 is 1. The minimum atomic E-state index is 0.269. The van der Waals surface area contributed by atoms with Crippen LogP contribution in [0.3, 0.4) is 0 Å². The Morgan fingerprint density at radius 1 is 1.42 bits per heavy atom. The largest absolute Gasteiger partial charge is 0.497 e. The van der Waals surface area contributed by atoms with Crippen LogP contribution < -0.4 is 14.8 Å². The maximum absolute atomic E-state index is 5.88. The lowest BCUT2D eigenvalue weighted by molar-refractivity contribution is 0.303. The first-order chi connectivity index (χ1) is 9.22. The van der Waals surface area contributed by atoms with Gasteiger partial charge in [0.15, 0.2) is 0 Å². The highest BCUT2D eigenvalue weighted by Gasteiger charge is 2.12. The quantitative estimate of drug-likeness (QED) is 0.544. The van der Waals surface area contributed by atoms with Crippen LogP contribution in [0.25, 0.3) is 0 Å². The molecule has 1 unspecified atom stereocenters. The number of allylic oxidation sites excluding steroid dienone is 1. The van der Waals surface area contributed by atoms with E-state index in [0.717, 1.165) is 30.9 Å². The maximum atomic E-state index is 5.88. The summed E-state index contributed by atoms with van der Waals surface area (Å²) < 4.78 is 11.1. The zero-order valence-corrected chi connectivity index (χ0v) is 12.2. The summed E-state index contributed by atoms with van der Waals surface area (Å²) in [5, 5.41) is 3.40. The normalized spacial score (nSPS) is 11.9. The molecule has 0 saturated carbocycles. The van der Waals surface area contributed by atoms with Crippen LogP contribution in [0, 0.1) is 0 Å². The number of hydrogen-bond acceptors (Lipinski definition) is 3. The lowest BCUT2D eigenvalue weighted by Gasteiger charge is -2.18. The van der Waals surface area contributed by atoms with E-state index < -0.39 is 0 Å². The van der Waals surface area contributed by atoms with E-state index in [0.29, 0.717) is 6.61 Å². The van der Waals surface area contributed by atoms with E-state index in [1.54, 1.807) is 7.11 Å². The molecule has 3 nitrogen and oxygen atoms in total. The van der Waals surface area contributed by atoms with Crippen molar-refractivity contribution >= 4 is 0 Å². The maximum Gasteiger partial charge on any atom is 0.127 e. The highest BCUT2D eigenvalue weighted by Crippen LogP contribution is 2.29. The molecular formula is C16H25NO2. The van der Waals surface area contributed by atoms with Gasteiger partial charge in [-0.05, 0) is 32.4 Å². The fourth-order valence-electron chi connectivity index (χ4n) is 1.95. The minimum absolute atomic E-state index is 0.269. The molecule has 1 aromatic carbocycles. The molecule has 3 heteroatoms. The Bertz CT molecular complexity index is 390. The van der Waals surface area contributed by atoms with Crippen molar-refractivity contribution in [3.8, 4) is 11.5 Å². The van der Waals surface area contributed by atoms with E-state index >= 15 is 0 Å². The van der Waals surface area contributed by atoms with Crippen LogP contribution >= 0.6 is 0 Å². The van der Waals surface area contributed by atoms with Crippen molar-refractivity contribution in [2.75, 3.05) is 20.3 Å². The highest BCUT2D eigenvalue weighted by atomic mass is 16.5. The Kier molecular flexibility index (Phi) is 7.04. The molecule has 0 bridgehead atoms. The van der Waals surface area contributed by atoms with Crippen molar-refractivity contribution in [3.05, 3.63) is 36.4 Å². The van der Waals surface area contributed by atoms with Gasteiger partial charge < -0.3 is 14.8 Å². The Hall–Kier alpha value is -1.48. The Balaban J connectivity index is 2.79. The van der Waals surface area contributed by atoms with Gasteiger partial charge in [-0.25, -0.2) is 0 Å². The van der Waals surface area contributed by atoms with E-state index in [2.05, 4.69) is 31.8 Å². The molecule has 1 atom stereocenters. The van der Waals surface area contributed by atoms with Gasteiger partial charge in [-0.3, -0.25) is 0 Å². The third kappa shape index (κ3) is 4.95. The van der Waals surface area contributed by atoms with Gasteiger partial charge in [0, 0.05) is 17.7 Å². The predicted molar refractivity (Wildman–Crippen MR) is 80.0 cm³/mol. The van der Waals surface area contributed by atoms with Gasteiger partial charge in [0.1, 0.15) is 11.5 Å². The first-order valence-electron chi connectivity index (χ1n) is 6.88. The summed E-state index contributed by atoms with van der Waals surface area (Å²) in [7, 11) is 1.67. The van der Waals surface area contributed by atoms with Gasteiger partial charge in [-0.2, -0.15) is 0 Å². The monoisotopic (exact) mass is 263 g/mol. The van der Waals surface area contributed by atoms with Crippen LogP contribution in [0.5, 0.6) is 11.5 Å². The summed E-state index contributed by atoms with van der Waals surface area (Å²) in [4.78, 5) is 0. The standard InChI is InChI=1S/C16H25NO2/c1-5-7-8-11-19-16-12-14(18-4)9-10-15(16)13(3)17-6-2/h5,9-10,12-13,17H,1,6-8,11H2,2-4H3. The second-order valence-corrected chi connectivity index (χ2v) is 4.46. The lowest BCUT2D eigenvalue weighted by atomic mass is 10.1. The Morgan fingerprint density at radius 3 is 2.84 bits per heavy atom. The smallest absolute Gasteiger partial charge is 0.127 e. The molecular weight excluding hydrogens is 238 g/mol. The molecule has 1 rings (SSSR count). The van der Waals surface area contributed by atoms with Crippen LogP contribution in [0.2, 0.25) is 0 Å². The van der Waals surface area contributed by atoms with Crippen molar-refractivity contribution in [1.82, 2.24) is 5.32 Å². The molecule has 0 heterocycles. The third-order valence-corrected chi connectivity index (χ3v) is 3.01. The molecule has 0 spiro atoms. The van der Waals surface area contributed by atoms with E-state index in [-0.39, 0.29) is 6.04 Å². The number of ether oxygens (including phenoxy) is 2. The highest BCUT2D eigenvalue weighted by molar-refractivity contribution is 5.42. The molecule has 19 heavy (non-hydrogen) atoms. The number of nitrogens with one attached hydrogen (secondary N) is 1. The molecule has 0 aliphatic heterocycles. The van der Waals surface area contributed by atoms with Gasteiger partial charge in [-0.15, -0.1) is 6.58 Å². The second kappa shape index (κ2) is 8.59. The zero-order chi connectivity index (χ0) is 14.1. The fourth-order valence-corrected chi connectivity index (χ4v) is 1.95. The van der Waals surface area contributed by atoms with Gasteiger partial charge in [0.2, 0.25) is 0 Å². The summed E-state index contributed by atoms with van der Waals surface area (Å²) in [6.07, 6.45) is 3.87. The Morgan fingerprint density at radius 2 is 2.21 bits per heavy atom. The van der Waals surface area contributed by atoms with E-state index in [4.69, 9.17) is 9.47 Å².